The van der Waals surface area contributed by atoms with Gasteiger partial charge in [-0.15, -0.1) is 0 Å². The highest BCUT2D eigenvalue weighted by Crippen LogP contribution is 2.16. The number of hydrogen-bond acceptors (Lipinski definition) is 3. The first-order valence-electron chi connectivity index (χ1n) is 6.33. The topological polar surface area (TPSA) is 69.6 Å². The molecule has 5 heteroatoms. The zero-order valence-electron chi connectivity index (χ0n) is 10.4. The van der Waals surface area contributed by atoms with Crippen LogP contribution >= 0.6 is 0 Å². The second kappa shape index (κ2) is 7.27. The Kier molecular flexibility index (Phi) is 5.97. The van der Waals surface area contributed by atoms with Gasteiger partial charge in [-0.05, 0) is 45.2 Å². The minimum Gasteiger partial charge on any atom is -0.480 e. The largest absolute Gasteiger partial charge is 0.480 e. The molecular weight excluding hydrogens is 220 g/mol. The molecule has 1 atom stereocenters. The third-order valence-corrected chi connectivity index (χ3v) is 3.23. The normalized spacial score (nSPS) is 19.9. The molecule has 2 N–H and O–H groups in total. The van der Waals surface area contributed by atoms with E-state index < -0.39 is 5.97 Å². The predicted molar refractivity (Wildman–Crippen MR) is 64.7 cm³/mol. The van der Waals surface area contributed by atoms with Crippen molar-refractivity contribution in [3.8, 4) is 0 Å². The van der Waals surface area contributed by atoms with E-state index >= 15 is 0 Å². The highest BCUT2D eigenvalue weighted by molar-refractivity contribution is 5.81. The van der Waals surface area contributed by atoms with Crippen LogP contribution in [0.4, 0.5) is 0 Å². The van der Waals surface area contributed by atoms with Crippen LogP contribution < -0.4 is 5.32 Å². The van der Waals surface area contributed by atoms with Gasteiger partial charge in [-0.1, -0.05) is 0 Å². The molecule has 0 bridgehead atoms. The number of piperidine rings is 1. The number of carbonyl (C=O) groups is 2. The Bertz CT molecular complexity index is 262. The molecule has 0 aromatic carbocycles. The lowest BCUT2D eigenvalue weighted by Crippen LogP contribution is -2.36. The van der Waals surface area contributed by atoms with E-state index in [0.29, 0.717) is 18.9 Å². The Labute approximate surface area is 102 Å². The van der Waals surface area contributed by atoms with Gasteiger partial charge >= 0.3 is 5.97 Å². The lowest BCUT2D eigenvalue weighted by molar-refractivity contribution is -0.144. The van der Waals surface area contributed by atoms with Crippen molar-refractivity contribution in [3.63, 3.8) is 0 Å². The SMILES string of the molecule is CCN(CC(=O)O)C(=O)CCC1CCCNC1. The van der Waals surface area contributed by atoms with E-state index in [4.69, 9.17) is 5.11 Å². The van der Waals surface area contributed by atoms with Gasteiger partial charge in [0, 0.05) is 13.0 Å². The first-order chi connectivity index (χ1) is 8.13. The van der Waals surface area contributed by atoms with E-state index in [0.717, 1.165) is 19.5 Å². The van der Waals surface area contributed by atoms with E-state index in [-0.39, 0.29) is 12.5 Å². The van der Waals surface area contributed by atoms with Gasteiger partial charge in [-0.3, -0.25) is 9.59 Å². The summed E-state index contributed by atoms with van der Waals surface area (Å²) in [6, 6.07) is 0. The molecule has 1 aliphatic rings. The van der Waals surface area contributed by atoms with Crippen molar-refractivity contribution >= 4 is 11.9 Å². The highest BCUT2D eigenvalue weighted by atomic mass is 16.4. The van der Waals surface area contributed by atoms with Gasteiger partial charge in [0.2, 0.25) is 5.91 Å². The van der Waals surface area contributed by atoms with E-state index in [1.807, 2.05) is 6.92 Å². The van der Waals surface area contributed by atoms with Crippen molar-refractivity contribution in [3.05, 3.63) is 0 Å². The van der Waals surface area contributed by atoms with Crippen molar-refractivity contribution < 1.29 is 14.7 Å². The van der Waals surface area contributed by atoms with Crippen LogP contribution in [0.5, 0.6) is 0 Å². The van der Waals surface area contributed by atoms with Crippen LogP contribution in [-0.2, 0) is 9.59 Å². The van der Waals surface area contributed by atoms with E-state index in [1.165, 1.54) is 17.7 Å². The lowest BCUT2D eigenvalue weighted by Gasteiger charge is -2.24. The third-order valence-electron chi connectivity index (χ3n) is 3.23. The number of amides is 1. The Morgan fingerprint density at radius 3 is 2.76 bits per heavy atom. The first-order valence-corrected chi connectivity index (χ1v) is 6.33. The fraction of sp³-hybridized carbons (Fsp3) is 0.833. The molecule has 5 nitrogen and oxygen atoms in total. The zero-order valence-corrected chi connectivity index (χ0v) is 10.4. The summed E-state index contributed by atoms with van der Waals surface area (Å²) < 4.78 is 0. The summed E-state index contributed by atoms with van der Waals surface area (Å²) >= 11 is 0. The molecule has 1 amide bonds. The van der Waals surface area contributed by atoms with Crippen molar-refractivity contribution in [1.82, 2.24) is 10.2 Å². The molecule has 1 fully saturated rings. The molecule has 1 heterocycles. The first kappa shape index (κ1) is 14.0. The van der Waals surface area contributed by atoms with Gasteiger partial charge < -0.3 is 15.3 Å². The molecular formula is C12H22N2O3. The number of nitrogens with zero attached hydrogens (tertiary/aromatic N) is 1. The number of nitrogens with one attached hydrogen (secondary N) is 1. The lowest BCUT2D eigenvalue weighted by atomic mass is 9.94. The van der Waals surface area contributed by atoms with Crippen LogP contribution in [0.3, 0.4) is 0 Å². The van der Waals surface area contributed by atoms with Crippen LogP contribution in [-0.4, -0.2) is 48.1 Å². The standard InChI is InChI=1S/C12H22N2O3/c1-2-14(9-12(16)17)11(15)6-5-10-4-3-7-13-8-10/h10,13H,2-9H2,1H3,(H,16,17). The minimum absolute atomic E-state index is 0.0412. The predicted octanol–water partition coefficient (Wildman–Crippen LogP) is 0.699. The van der Waals surface area contributed by atoms with Gasteiger partial charge in [0.15, 0.2) is 0 Å². The molecule has 1 rings (SSSR count). The number of hydrogen-bond donors (Lipinski definition) is 2. The van der Waals surface area contributed by atoms with Crippen LogP contribution in [0.2, 0.25) is 0 Å². The Hall–Kier alpha value is -1.10. The van der Waals surface area contributed by atoms with Gasteiger partial charge in [0.1, 0.15) is 6.54 Å². The van der Waals surface area contributed by atoms with Crippen LogP contribution in [0.15, 0.2) is 0 Å². The Morgan fingerprint density at radius 1 is 1.47 bits per heavy atom. The molecule has 0 spiro atoms. The third kappa shape index (κ3) is 5.17. The van der Waals surface area contributed by atoms with Gasteiger partial charge in [-0.2, -0.15) is 0 Å². The molecule has 1 unspecified atom stereocenters. The van der Waals surface area contributed by atoms with Crippen molar-refractivity contribution in [2.24, 2.45) is 5.92 Å². The summed E-state index contributed by atoms with van der Waals surface area (Å²) in [6.45, 7) is 4.15. The highest BCUT2D eigenvalue weighted by Gasteiger charge is 2.18. The molecule has 98 valence electrons. The zero-order chi connectivity index (χ0) is 12.7. The van der Waals surface area contributed by atoms with Gasteiger partial charge in [0.05, 0.1) is 0 Å². The second-order valence-electron chi connectivity index (χ2n) is 4.55. The molecule has 1 aliphatic heterocycles. The molecule has 0 saturated carbocycles. The van der Waals surface area contributed by atoms with Crippen LogP contribution in [0, 0.1) is 5.92 Å². The molecule has 0 radical (unpaired) electrons. The second-order valence-corrected chi connectivity index (χ2v) is 4.55. The number of carboxylic acids is 1. The summed E-state index contributed by atoms with van der Waals surface area (Å²) in [5.74, 6) is -0.420. The number of rotatable bonds is 6. The minimum atomic E-state index is -0.945. The van der Waals surface area contributed by atoms with E-state index in [2.05, 4.69) is 5.32 Å². The smallest absolute Gasteiger partial charge is 0.323 e. The summed E-state index contributed by atoms with van der Waals surface area (Å²) in [5, 5.41) is 12.0. The van der Waals surface area contributed by atoms with Gasteiger partial charge in [0.25, 0.3) is 0 Å². The van der Waals surface area contributed by atoms with E-state index in [9.17, 15) is 9.59 Å². The molecule has 0 aromatic rings. The number of carbonyl (C=O) groups excluding carboxylic acids is 1. The van der Waals surface area contributed by atoms with E-state index in [1.54, 1.807) is 0 Å². The fourth-order valence-electron chi connectivity index (χ4n) is 2.20. The van der Waals surface area contributed by atoms with Crippen LogP contribution in [0.1, 0.15) is 32.6 Å². The molecule has 17 heavy (non-hydrogen) atoms. The Balaban J connectivity index is 2.28. The summed E-state index contributed by atoms with van der Waals surface area (Å²) in [6.07, 6.45) is 3.67. The number of likely N-dealkylation sites (N-methyl/N-ethyl adjacent to an activating group) is 1. The van der Waals surface area contributed by atoms with Crippen LogP contribution in [0.25, 0.3) is 0 Å². The van der Waals surface area contributed by atoms with Crippen molar-refractivity contribution in [2.45, 2.75) is 32.6 Å². The molecule has 1 saturated heterocycles. The fourth-order valence-corrected chi connectivity index (χ4v) is 2.20. The number of aliphatic carboxylic acids is 1. The van der Waals surface area contributed by atoms with Crippen molar-refractivity contribution in [2.75, 3.05) is 26.2 Å². The monoisotopic (exact) mass is 242 g/mol. The quantitative estimate of drug-likeness (QED) is 0.719. The number of carboxylic acid groups (broad SMARTS) is 1. The van der Waals surface area contributed by atoms with Crippen molar-refractivity contribution in [1.29, 1.82) is 0 Å². The maximum absolute atomic E-state index is 11.8. The average Bonchev–Trinajstić information content (AvgIpc) is 2.34. The maximum atomic E-state index is 11.8. The molecule has 0 aliphatic carbocycles. The molecule has 0 aromatic heterocycles. The summed E-state index contributed by atoms with van der Waals surface area (Å²) in [4.78, 5) is 23.8. The summed E-state index contributed by atoms with van der Waals surface area (Å²) in [7, 11) is 0. The Morgan fingerprint density at radius 2 is 2.24 bits per heavy atom. The maximum Gasteiger partial charge on any atom is 0.323 e. The van der Waals surface area contributed by atoms with Gasteiger partial charge in [-0.25, -0.2) is 0 Å². The average molecular weight is 242 g/mol. The summed E-state index contributed by atoms with van der Waals surface area (Å²) in [5.41, 5.74) is 0.